The Morgan fingerprint density at radius 3 is 2.68 bits per heavy atom. The van der Waals surface area contributed by atoms with Crippen LogP contribution in [-0.2, 0) is 17.9 Å². The molecule has 0 saturated heterocycles. The average molecular weight is 342 g/mol. The van der Waals surface area contributed by atoms with Crippen LogP contribution in [0.3, 0.4) is 0 Å². The summed E-state index contributed by atoms with van der Waals surface area (Å²) in [7, 11) is 1.59. The van der Waals surface area contributed by atoms with E-state index in [2.05, 4.69) is 0 Å². The van der Waals surface area contributed by atoms with Gasteiger partial charge in [-0.15, -0.1) is 0 Å². The van der Waals surface area contributed by atoms with E-state index in [4.69, 9.17) is 9.52 Å². The van der Waals surface area contributed by atoms with Gasteiger partial charge in [0.1, 0.15) is 23.6 Å². The molecule has 2 aromatic rings. The number of carbonyl (C=O) groups is 3. The summed E-state index contributed by atoms with van der Waals surface area (Å²) in [4.78, 5) is 38.7. The lowest BCUT2D eigenvalue weighted by atomic mass is 10.1. The van der Waals surface area contributed by atoms with Crippen LogP contribution in [0.25, 0.3) is 0 Å². The third kappa shape index (κ3) is 3.26. The molecule has 0 saturated carbocycles. The third-order valence-electron chi connectivity index (χ3n) is 4.24. The van der Waals surface area contributed by atoms with Gasteiger partial charge in [-0.1, -0.05) is 18.2 Å². The molecule has 0 fully saturated rings. The number of hydrogen-bond acceptors (Lipinski definition) is 4. The predicted molar refractivity (Wildman–Crippen MR) is 88.1 cm³/mol. The molecule has 1 aliphatic heterocycles. The summed E-state index contributed by atoms with van der Waals surface area (Å²) in [6.07, 6.45) is 0. The van der Waals surface area contributed by atoms with Gasteiger partial charge in [0, 0.05) is 19.2 Å². The number of rotatable bonds is 5. The van der Waals surface area contributed by atoms with E-state index in [0.29, 0.717) is 23.6 Å². The molecule has 1 aliphatic rings. The maximum atomic E-state index is 12.4. The van der Waals surface area contributed by atoms with Crippen molar-refractivity contribution in [2.45, 2.75) is 20.0 Å². The van der Waals surface area contributed by atoms with E-state index in [-0.39, 0.29) is 30.5 Å². The highest BCUT2D eigenvalue weighted by Crippen LogP contribution is 2.22. The molecular formula is C18H18N2O5. The fourth-order valence-corrected chi connectivity index (χ4v) is 2.88. The molecule has 0 radical (unpaired) electrons. The van der Waals surface area contributed by atoms with Crippen molar-refractivity contribution in [3.8, 4) is 0 Å². The van der Waals surface area contributed by atoms with Crippen molar-refractivity contribution in [2.75, 3.05) is 13.6 Å². The Hall–Kier alpha value is -3.09. The topological polar surface area (TPSA) is 91.1 Å². The highest BCUT2D eigenvalue weighted by Gasteiger charge is 2.29. The molecule has 3 rings (SSSR count). The standard InChI is InChI=1S/C18H18N2O5/c1-11-15(18(23)24)7-13(25-11)9-19(2)16(21)10-20-8-12-5-3-4-6-14(12)17(20)22/h3-7H,8-10H2,1-2H3,(H,23,24). The van der Waals surface area contributed by atoms with E-state index in [1.807, 2.05) is 12.1 Å². The lowest BCUT2D eigenvalue weighted by Crippen LogP contribution is -2.38. The van der Waals surface area contributed by atoms with Crippen molar-refractivity contribution >= 4 is 17.8 Å². The molecule has 0 aliphatic carbocycles. The smallest absolute Gasteiger partial charge is 0.339 e. The van der Waals surface area contributed by atoms with E-state index in [0.717, 1.165) is 5.56 Å². The van der Waals surface area contributed by atoms with Crippen LogP contribution in [-0.4, -0.2) is 46.3 Å². The van der Waals surface area contributed by atoms with Crippen molar-refractivity contribution in [3.63, 3.8) is 0 Å². The molecule has 7 nitrogen and oxygen atoms in total. The lowest BCUT2D eigenvalue weighted by molar-refractivity contribution is -0.131. The Kier molecular flexibility index (Phi) is 4.31. The second-order valence-corrected chi connectivity index (χ2v) is 6.06. The average Bonchev–Trinajstić information content (AvgIpc) is 3.08. The van der Waals surface area contributed by atoms with Crippen molar-refractivity contribution in [1.29, 1.82) is 0 Å². The first-order valence-electron chi connectivity index (χ1n) is 7.80. The molecule has 1 N–H and O–H groups in total. The normalized spacial score (nSPS) is 13.0. The molecule has 0 spiro atoms. The zero-order chi connectivity index (χ0) is 18.1. The maximum Gasteiger partial charge on any atom is 0.339 e. The van der Waals surface area contributed by atoms with Gasteiger partial charge in [-0.25, -0.2) is 4.79 Å². The van der Waals surface area contributed by atoms with Gasteiger partial charge in [-0.2, -0.15) is 0 Å². The number of aromatic carboxylic acids is 1. The minimum Gasteiger partial charge on any atom is -0.478 e. The SMILES string of the molecule is Cc1oc(CN(C)C(=O)CN2Cc3ccccc3C2=O)cc1C(=O)O. The summed E-state index contributed by atoms with van der Waals surface area (Å²) in [5.74, 6) is -0.774. The number of carbonyl (C=O) groups excluding carboxylic acids is 2. The number of hydrogen-bond donors (Lipinski definition) is 1. The number of nitrogens with zero attached hydrogens (tertiary/aromatic N) is 2. The fourth-order valence-electron chi connectivity index (χ4n) is 2.88. The number of amides is 2. The fraction of sp³-hybridized carbons (Fsp3) is 0.278. The summed E-state index contributed by atoms with van der Waals surface area (Å²) < 4.78 is 5.38. The van der Waals surface area contributed by atoms with E-state index in [1.54, 1.807) is 26.1 Å². The van der Waals surface area contributed by atoms with Crippen molar-refractivity contribution in [2.24, 2.45) is 0 Å². The Labute approximate surface area is 144 Å². The number of furan rings is 1. The summed E-state index contributed by atoms with van der Waals surface area (Å²) in [5, 5.41) is 9.04. The number of benzene rings is 1. The second kappa shape index (κ2) is 6.43. The van der Waals surface area contributed by atoms with Gasteiger partial charge in [-0.3, -0.25) is 9.59 Å². The molecule has 1 aromatic carbocycles. The number of aryl methyl sites for hydroxylation is 1. The molecular weight excluding hydrogens is 324 g/mol. The van der Waals surface area contributed by atoms with Crippen molar-refractivity contribution in [1.82, 2.24) is 9.80 Å². The molecule has 7 heteroatoms. The molecule has 0 unspecified atom stereocenters. The van der Waals surface area contributed by atoms with Crippen LogP contribution in [0.1, 0.15) is 37.8 Å². The van der Waals surface area contributed by atoms with Crippen LogP contribution in [0.2, 0.25) is 0 Å². The van der Waals surface area contributed by atoms with Gasteiger partial charge in [0.05, 0.1) is 6.54 Å². The quantitative estimate of drug-likeness (QED) is 0.896. The van der Waals surface area contributed by atoms with Gasteiger partial charge >= 0.3 is 5.97 Å². The molecule has 2 amide bonds. The van der Waals surface area contributed by atoms with Gasteiger partial charge in [0.2, 0.25) is 5.91 Å². The highest BCUT2D eigenvalue weighted by atomic mass is 16.4. The Morgan fingerprint density at radius 1 is 1.32 bits per heavy atom. The minimum absolute atomic E-state index is 0.0323. The summed E-state index contributed by atoms with van der Waals surface area (Å²) >= 11 is 0. The van der Waals surface area contributed by atoms with Crippen LogP contribution in [0.4, 0.5) is 0 Å². The molecule has 25 heavy (non-hydrogen) atoms. The summed E-state index contributed by atoms with van der Waals surface area (Å²) in [5.41, 5.74) is 1.63. The van der Waals surface area contributed by atoms with Crippen molar-refractivity contribution < 1.29 is 23.9 Å². The Bertz CT molecular complexity index is 855. The molecule has 2 heterocycles. The Balaban J connectivity index is 1.63. The Morgan fingerprint density at radius 2 is 2.04 bits per heavy atom. The first-order valence-corrected chi connectivity index (χ1v) is 7.80. The zero-order valence-corrected chi connectivity index (χ0v) is 14.0. The third-order valence-corrected chi connectivity index (χ3v) is 4.24. The van der Waals surface area contributed by atoms with Gasteiger partial charge < -0.3 is 19.3 Å². The van der Waals surface area contributed by atoms with Crippen LogP contribution < -0.4 is 0 Å². The van der Waals surface area contributed by atoms with E-state index >= 15 is 0 Å². The van der Waals surface area contributed by atoms with Crippen LogP contribution in [0, 0.1) is 6.92 Å². The van der Waals surface area contributed by atoms with Crippen molar-refractivity contribution in [3.05, 3.63) is 58.5 Å². The number of carboxylic acids is 1. The monoisotopic (exact) mass is 342 g/mol. The molecule has 130 valence electrons. The minimum atomic E-state index is -1.07. The zero-order valence-electron chi connectivity index (χ0n) is 14.0. The first-order chi connectivity index (χ1) is 11.9. The molecule has 0 bridgehead atoms. The van der Waals surface area contributed by atoms with E-state index in [9.17, 15) is 14.4 Å². The van der Waals surface area contributed by atoms with E-state index in [1.165, 1.54) is 15.9 Å². The highest BCUT2D eigenvalue weighted by molar-refractivity contribution is 6.00. The molecule has 0 atom stereocenters. The van der Waals surface area contributed by atoms with Gasteiger partial charge in [0.25, 0.3) is 5.91 Å². The van der Waals surface area contributed by atoms with Crippen LogP contribution in [0.15, 0.2) is 34.7 Å². The van der Waals surface area contributed by atoms with Crippen LogP contribution >= 0.6 is 0 Å². The lowest BCUT2D eigenvalue weighted by Gasteiger charge is -2.20. The first kappa shape index (κ1) is 16.8. The number of likely N-dealkylation sites (N-methyl/N-ethyl adjacent to an activating group) is 1. The van der Waals surface area contributed by atoms with Crippen LogP contribution in [0.5, 0.6) is 0 Å². The van der Waals surface area contributed by atoms with Gasteiger partial charge in [0.15, 0.2) is 0 Å². The number of carboxylic acid groups (broad SMARTS) is 1. The summed E-state index contributed by atoms with van der Waals surface area (Å²) in [6, 6.07) is 8.71. The predicted octanol–water partition coefficient (Wildman–Crippen LogP) is 1.90. The van der Waals surface area contributed by atoms with E-state index < -0.39 is 5.97 Å². The maximum absolute atomic E-state index is 12.4. The van der Waals surface area contributed by atoms with Gasteiger partial charge in [-0.05, 0) is 24.6 Å². The molecule has 1 aromatic heterocycles. The second-order valence-electron chi connectivity index (χ2n) is 6.06. The number of fused-ring (bicyclic) bond motifs is 1. The largest absolute Gasteiger partial charge is 0.478 e. The summed E-state index contributed by atoms with van der Waals surface area (Å²) in [6.45, 7) is 2.09.